The summed E-state index contributed by atoms with van der Waals surface area (Å²) >= 11 is 3.46. The number of quaternary nitrogens is 1. The van der Waals surface area contributed by atoms with Crippen LogP contribution in [0.25, 0.3) is 11.4 Å². The van der Waals surface area contributed by atoms with Gasteiger partial charge >= 0.3 is 0 Å². The Morgan fingerprint density at radius 3 is 2.50 bits per heavy atom. The van der Waals surface area contributed by atoms with Crippen LogP contribution in [-0.2, 0) is 14.3 Å². The van der Waals surface area contributed by atoms with E-state index in [0.717, 1.165) is 28.8 Å². The molecule has 186 valence electrons. The number of amides is 1. The van der Waals surface area contributed by atoms with Crippen LogP contribution in [-0.4, -0.2) is 70.9 Å². The van der Waals surface area contributed by atoms with Crippen molar-refractivity contribution in [2.24, 2.45) is 0 Å². The molecule has 0 bridgehead atoms. The van der Waals surface area contributed by atoms with E-state index in [1.807, 2.05) is 61.5 Å². The highest BCUT2D eigenvalue weighted by Crippen LogP contribution is 2.40. The van der Waals surface area contributed by atoms with Gasteiger partial charge in [-0.2, -0.15) is 5.10 Å². The van der Waals surface area contributed by atoms with E-state index in [4.69, 9.17) is 4.74 Å². The summed E-state index contributed by atoms with van der Waals surface area (Å²) in [6.07, 6.45) is 1.54. The number of halogens is 1. The van der Waals surface area contributed by atoms with Crippen LogP contribution in [0.2, 0.25) is 0 Å². The van der Waals surface area contributed by atoms with Crippen molar-refractivity contribution in [3.63, 3.8) is 0 Å². The van der Waals surface area contributed by atoms with Crippen molar-refractivity contribution < 1.29 is 24.3 Å². The first-order valence-corrected chi connectivity index (χ1v) is 12.8. The first-order valence-electron chi connectivity index (χ1n) is 12.0. The maximum absolute atomic E-state index is 13.3. The molecule has 0 unspecified atom stereocenters. The van der Waals surface area contributed by atoms with Gasteiger partial charge < -0.3 is 19.6 Å². The average molecular weight is 552 g/mol. The summed E-state index contributed by atoms with van der Waals surface area (Å²) in [5, 5.41) is 15.9. The number of hydrogen-bond acceptors (Lipinski definition) is 5. The van der Waals surface area contributed by atoms with Gasteiger partial charge in [-0.15, -0.1) is 0 Å². The fraction of sp³-hybridized carbons (Fsp3) is 0.296. The van der Waals surface area contributed by atoms with E-state index in [0.29, 0.717) is 37.6 Å². The van der Waals surface area contributed by atoms with Crippen molar-refractivity contribution in [3.05, 3.63) is 87.7 Å². The summed E-state index contributed by atoms with van der Waals surface area (Å²) in [5.74, 6) is -1.48. The van der Waals surface area contributed by atoms with Gasteiger partial charge in [-0.1, -0.05) is 46.3 Å². The number of aromatic nitrogens is 2. The van der Waals surface area contributed by atoms with E-state index in [1.165, 1.54) is 4.90 Å². The van der Waals surface area contributed by atoms with Gasteiger partial charge in [0.25, 0.3) is 11.7 Å². The van der Waals surface area contributed by atoms with E-state index in [2.05, 4.69) is 21.0 Å². The fourth-order valence-corrected chi connectivity index (χ4v) is 5.17. The number of nitrogens with one attached hydrogen (secondary N) is 1. The first kappa shape index (κ1) is 24.4. The quantitative estimate of drug-likeness (QED) is 0.279. The number of likely N-dealkylation sites (tertiary alicyclic amines) is 1. The predicted molar refractivity (Wildman–Crippen MR) is 138 cm³/mol. The molecule has 3 heterocycles. The molecule has 2 aliphatic rings. The number of para-hydroxylation sites is 1. The minimum atomic E-state index is -0.682. The van der Waals surface area contributed by atoms with Gasteiger partial charge in [-0.3, -0.25) is 9.59 Å². The second kappa shape index (κ2) is 10.4. The van der Waals surface area contributed by atoms with Gasteiger partial charge in [-0.05, 0) is 36.8 Å². The molecule has 5 rings (SSSR count). The number of hydrogen-bond donors (Lipinski definition) is 2. The fourth-order valence-electron chi connectivity index (χ4n) is 4.91. The number of ketones is 1. The SMILES string of the molecule is Cc1c(C(O)=C2C(=O)C(=O)N(CC[NH+]3CCOCC3)[C@H]2c2ccc(Br)cc2)cnn1-c1ccccc1. The van der Waals surface area contributed by atoms with Crippen LogP contribution >= 0.6 is 15.9 Å². The molecular formula is C27H28BrN4O4+. The van der Waals surface area contributed by atoms with Gasteiger partial charge in [0.15, 0.2) is 0 Å². The summed E-state index contributed by atoms with van der Waals surface area (Å²) in [6.45, 7) is 6.05. The predicted octanol–water partition coefficient (Wildman–Crippen LogP) is 2.28. The van der Waals surface area contributed by atoms with E-state index in [1.54, 1.807) is 15.8 Å². The van der Waals surface area contributed by atoms with Gasteiger partial charge in [-0.25, -0.2) is 4.68 Å². The molecule has 1 amide bonds. The molecule has 3 aromatic rings. The van der Waals surface area contributed by atoms with Crippen molar-refractivity contribution in [1.29, 1.82) is 0 Å². The zero-order valence-corrected chi connectivity index (χ0v) is 21.6. The normalized spacial score (nSPS) is 20.3. The Balaban J connectivity index is 1.55. The summed E-state index contributed by atoms with van der Waals surface area (Å²) < 4.78 is 8.05. The molecule has 8 nitrogen and oxygen atoms in total. The Morgan fingerprint density at radius 2 is 1.81 bits per heavy atom. The van der Waals surface area contributed by atoms with Gasteiger partial charge in [0.05, 0.1) is 61.1 Å². The lowest BCUT2D eigenvalue weighted by atomic mass is 9.95. The van der Waals surface area contributed by atoms with Crippen LogP contribution in [0.5, 0.6) is 0 Å². The highest BCUT2D eigenvalue weighted by Gasteiger charge is 2.46. The number of nitrogens with zero attached hydrogens (tertiary/aromatic N) is 3. The lowest BCUT2D eigenvalue weighted by Gasteiger charge is -2.29. The number of carbonyl (C=O) groups excluding carboxylic acids is 2. The van der Waals surface area contributed by atoms with Crippen molar-refractivity contribution in [1.82, 2.24) is 14.7 Å². The summed E-state index contributed by atoms with van der Waals surface area (Å²) in [5.41, 5.74) is 2.81. The van der Waals surface area contributed by atoms with Gasteiger partial charge in [0.2, 0.25) is 0 Å². The minimum absolute atomic E-state index is 0.0926. The van der Waals surface area contributed by atoms with Crippen molar-refractivity contribution >= 4 is 33.4 Å². The van der Waals surface area contributed by atoms with Gasteiger partial charge in [0, 0.05) is 4.47 Å². The molecule has 2 saturated heterocycles. The molecular weight excluding hydrogens is 524 g/mol. The Hall–Kier alpha value is -3.27. The standard InChI is InChI=1S/C27H27BrN4O4/c1-18-22(17-29-32(18)21-5-3-2-4-6-21)25(33)23-24(19-7-9-20(28)10-8-19)31(27(35)26(23)34)12-11-30-13-15-36-16-14-30/h2-10,17,24,33H,11-16H2,1H3/p+1/t24-/m0/s1. The maximum atomic E-state index is 13.3. The largest absolute Gasteiger partial charge is 0.507 e. The number of benzene rings is 2. The average Bonchev–Trinajstić information content (AvgIpc) is 3.41. The number of Topliss-reactive ketones (excluding diaryl/α,β-unsaturated/α-hetero) is 1. The van der Waals surface area contributed by atoms with Crippen molar-refractivity contribution in [2.45, 2.75) is 13.0 Å². The molecule has 2 N–H and O–H groups in total. The van der Waals surface area contributed by atoms with E-state index in [-0.39, 0.29) is 11.3 Å². The number of morpholine rings is 1. The number of ether oxygens (including phenoxy) is 1. The Labute approximate surface area is 217 Å². The van der Waals surface area contributed by atoms with Crippen molar-refractivity contribution in [3.8, 4) is 5.69 Å². The lowest BCUT2D eigenvalue weighted by Crippen LogP contribution is -3.14. The monoisotopic (exact) mass is 551 g/mol. The molecule has 0 spiro atoms. The van der Waals surface area contributed by atoms with Crippen LogP contribution < -0.4 is 4.90 Å². The second-order valence-corrected chi connectivity index (χ2v) is 9.96. The molecule has 1 atom stereocenters. The number of aliphatic hydroxyl groups excluding tert-OH is 1. The summed E-state index contributed by atoms with van der Waals surface area (Å²) in [4.78, 5) is 29.5. The first-order chi connectivity index (χ1) is 17.5. The third kappa shape index (κ3) is 4.61. The number of aliphatic hydroxyl groups is 1. The second-order valence-electron chi connectivity index (χ2n) is 9.05. The van der Waals surface area contributed by atoms with Crippen LogP contribution in [0.4, 0.5) is 0 Å². The van der Waals surface area contributed by atoms with Crippen LogP contribution in [0, 0.1) is 6.92 Å². The zero-order chi connectivity index (χ0) is 25.2. The number of carbonyl (C=O) groups is 2. The zero-order valence-electron chi connectivity index (χ0n) is 20.0. The molecule has 2 fully saturated rings. The lowest BCUT2D eigenvalue weighted by molar-refractivity contribution is -0.907. The molecule has 1 aromatic heterocycles. The molecule has 9 heteroatoms. The van der Waals surface area contributed by atoms with E-state index >= 15 is 0 Å². The molecule has 0 aliphatic carbocycles. The van der Waals surface area contributed by atoms with Crippen LogP contribution in [0.3, 0.4) is 0 Å². The van der Waals surface area contributed by atoms with Crippen LogP contribution in [0.1, 0.15) is 22.9 Å². The molecule has 2 aromatic carbocycles. The Morgan fingerprint density at radius 1 is 1.11 bits per heavy atom. The molecule has 0 radical (unpaired) electrons. The molecule has 2 aliphatic heterocycles. The molecule has 36 heavy (non-hydrogen) atoms. The Kier molecular flexibility index (Phi) is 7.04. The third-order valence-corrected chi connectivity index (χ3v) is 7.43. The summed E-state index contributed by atoms with van der Waals surface area (Å²) in [7, 11) is 0. The smallest absolute Gasteiger partial charge is 0.295 e. The minimum Gasteiger partial charge on any atom is -0.507 e. The van der Waals surface area contributed by atoms with Crippen molar-refractivity contribution in [2.75, 3.05) is 39.4 Å². The maximum Gasteiger partial charge on any atom is 0.295 e. The highest BCUT2D eigenvalue weighted by atomic mass is 79.9. The van der Waals surface area contributed by atoms with Crippen LogP contribution in [0.15, 0.2) is 70.8 Å². The third-order valence-electron chi connectivity index (χ3n) is 6.90. The van der Waals surface area contributed by atoms with Gasteiger partial charge in [0.1, 0.15) is 18.8 Å². The topological polar surface area (TPSA) is 89.1 Å². The van der Waals surface area contributed by atoms with E-state index < -0.39 is 17.7 Å². The molecule has 0 saturated carbocycles. The highest BCUT2D eigenvalue weighted by molar-refractivity contribution is 9.10. The Bertz CT molecular complexity index is 1300. The van der Waals surface area contributed by atoms with E-state index in [9.17, 15) is 14.7 Å². The summed E-state index contributed by atoms with van der Waals surface area (Å²) in [6, 6.07) is 16.4. The number of rotatable bonds is 6.